The molecule has 0 radical (unpaired) electrons. The molecule has 4 N–H and O–H groups in total. The van der Waals surface area contributed by atoms with Gasteiger partial charge in [0.15, 0.2) is 5.82 Å². The van der Waals surface area contributed by atoms with Crippen molar-refractivity contribution >= 4 is 23.5 Å². The highest BCUT2D eigenvalue weighted by Gasteiger charge is 2.21. The highest BCUT2D eigenvalue weighted by atomic mass is 16.2. The van der Waals surface area contributed by atoms with Gasteiger partial charge in [0.05, 0.1) is 5.69 Å². The predicted molar refractivity (Wildman–Crippen MR) is 137 cm³/mol. The van der Waals surface area contributed by atoms with Crippen molar-refractivity contribution < 1.29 is 9.59 Å². The highest BCUT2D eigenvalue weighted by molar-refractivity contribution is 5.92. The molecule has 0 unspecified atom stereocenters. The maximum Gasteiger partial charge on any atom is 0.269 e. The summed E-state index contributed by atoms with van der Waals surface area (Å²) in [7, 11) is 1.77. The number of rotatable bonds is 10. The van der Waals surface area contributed by atoms with Crippen LogP contribution < -0.4 is 21.3 Å². The Balaban J connectivity index is 1.62. The predicted octanol–water partition coefficient (Wildman–Crippen LogP) is 2.56. The van der Waals surface area contributed by atoms with Gasteiger partial charge in [-0.3, -0.25) is 14.3 Å². The molecule has 0 fully saturated rings. The van der Waals surface area contributed by atoms with Gasteiger partial charge in [0.1, 0.15) is 17.3 Å². The second-order valence-electron chi connectivity index (χ2n) is 9.21. The molecule has 0 bridgehead atoms. The van der Waals surface area contributed by atoms with Crippen molar-refractivity contribution in [2.45, 2.75) is 33.1 Å². The number of aromatic nitrogens is 4. The van der Waals surface area contributed by atoms with E-state index in [1.54, 1.807) is 17.8 Å². The number of carbonyl (C=O) groups is 2. The Labute approximate surface area is 205 Å². The molecule has 0 aliphatic carbocycles. The molecule has 1 aromatic carbocycles. The van der Waals surface area contributed by atoms with Gasteiger partial charge in [0.25, 0.3) is 5.91 Å². The summed E-state index contributed by atoms with van der Waals surface area (Å²) < 4.78 is 1.61. The van der Waals surface area contributed by atoms with Crippen LogP contribution in [0.5, 0.6) is 0 Å². The van der Waals surface area contributed by atoms with Crippen molar-refractivity contribution in [2.24, 2.45) is 7.05 Å². The Kier molecular flexibility index (Phi) is 8.40. The summed E-state index contributed by atoms with van der Waals surface area (Å²) in [5.74, 6) is 1.59. The number of carbonyl (C=O) groups excluding carboxylic acids is 2. The summed E-state index contributed by atoms with van der Waals surface area (Å²) >= 11 is 0. The Morgan fingerprint density at radius 3 is 2.03 bits per heavy atom. The van der Waals surface area contributed by atoms with Crippen LogP contribution in [-0.4, -0.2) is 57.7 Å². The minimum atomic E-state index is -0.176. The smallest absolute Gasteiger partial charge is 0.269 e. The molecule has 2 aromatic heterocycles. The van der Waals surface area contributed by atoms with Crippen LogP contribution in [0, 0.1) is 0 Å². The lowest BCUT2D eigenvalue weighted by molar-refractivity contribution is -0.118. The van der Waals surface area contributed by atoms with E-state index < -0.39 is 0 Å². The van der Waals surface area contributed by atoms with E-state index in [0.717, 1.165) is 11.3 Å². The molecule has 10 nitrogen and oxygen atoms in total. The average molecular weight is 479 g/mol. The summed E-state index contributed by atoms with van der Waals surface area (Å²) in [6, 6.07) is 13.3. The van der Waals surface area contributed by atoms with Crippen molar-refractivity contribution in [3.05, 3.63) is 53.9 Å². The zero-order valence-electron chi connectivity index (χ0n) is 21.0. The summed E-state index contributed by atoms with van der Waals surface area (Å²) in [5.41, 5.74) is 2.15. The molecule has 2 amide bonds. The topological polar surface area (TPSA) is 126 Å². The molecule has 0 aliphatic heterocycles. The van der Waals surface area contributed by atoms with Crippen LogP contribution >= 0.6 is 0 Å². The number of anilines is 2. The molecular formula is C25H34N8O2. The first-order chi connectivity index (χ1) is 16.6. The van der Waals surface area contributed by atoms with Crippen molar-refractivity contribution in [1.29, 1.82) is 0 Å². The Morgan fingerprint density at radius 2 is 1.49 bits per heavy atom. The van der Waals surface area contributed by atoms with Crippen LogP contribution in [0.2, 0.25) is 0 Å². The van der Waals surface area contributed by atoms with E-state index in [4.69, 9.17) is 0 Å². The van der Waals surface area contributed by atoms with Gasteiger partial charge in [-0.15, -0.1) is 0 Å². The normalized spacial score (nSPS) is 11.1. The molecule has 2 heterocycles. The van der Waals surface area contributed by atoms with Crippen LogP contribution in [0.3, 0.4) is 0 Å². The van der Waals surface area contributed by atoms with Gasteiger partial charge in [-0.05, 0) is 6.07 Å². The summed E-state index contributed by atoms with van der Waals surface area (Å²) in [6.45, 7) is 9.58. The molecule has 0 atom stereocenters. The molecule has 0 saturated heterocycles. The van der Waals surface area contributed by atoms with Crippen LogP contribution in [0.25, 0.3) is 11.4 Å². The van der Waals surface area contributed by atoms with Crippen molar-refractivity contribution in [1.82, 2.24) is 30.4 Å². The van der Waals surface area contributed by atoms with E-state index in [0.29, 0.717) is 49.3 Å². The zero-order valence-corrected chi connectivity index (χ0v) is 21.0. The Morgan fingerprint density at radius 1 is 0.886 bits per heavy atom. The molecule has 3 rings (SSSR count). The fourth-order valence-corrected chi connectivity index (χ4v) is 3.28. The SMILES string of the molecule is CC(=O)NCCNc1cc(NCCNC(=O)c2cc(C(C)(C)C)nn2C)nc(-c2ccccc2)n1. The van der Waals surface area contributed by atoms with Gasteiger partial charge < -0.3 is 21.3 Å². The van der Waals surface area contributed by atoms with E-state index in [-0.39, 0.29) is 17.2 Å². The molecule has 10 heteroatoms. The fraction of sp³-hybridized carbons (Fsp3) is 0.400. The first-order valence-electron chi connectivity index (χ1n) is 11.6. The number of amides is 2. The van der Waals surface area contributed by atoms with Gasteiger partial charge in [0, 0.05) is 57.2 Å². The van der Waals surface area contributed by atoms with Crippen molar-refractivity contribution in [2.75, 3.05) is 36.8 Å². The van der Waals surface area contributed by atoms with Crippen LogP contribution in [0.15, 0.2) is 42.5 Å². The van der Waals surface area contributed by atoms with Gasteiger partial charge >= 0.3 is 0 Å². The van der Waals surface area contributed by atoms with Crippen LogP contribution in [0.1, 0.15) is 43.9 Å². The van der Waals surface area contributed by atoms with E-state index in [1.165, 1.54) is 6.92 Å². The van der Waals surface area contributed by atoms with Crippen molar-refractivity contribution in [3.63, 3.8) is 0 Å². The molecule has 0 spiro atoms. The largest absolute Gasteiger partial charge is 0.368 e. The minimum Gasteiger partial charge on any atom is -0.368 e. The number of aryl methyl sites for hydroxylation is 1. The van der Waals surface area contributed by atoms with Gasteiger partial charge in [-0.25, -0.2) is 9.97 Å². The third-order valence-corrected chi connectivity index (χ3v) is 5.16. The number of hydrogen-bond acceptors (Lipinski definition) is 7. The van der Waals surface area contributed by atoms with Crippen LogP contribution in [-0.2, 0) is 17.3 Å². The monoisotopic (exact) mass is 478 g/mol. The number of hydrogen-bond donors (Lipinski definition) is 4. The standard InChI is InChI=1S/C25H34N8O2/c1-17(34)26-11-12-27-21-16-22(31-23(30-21)18-9-7-6-8-10-18)28-13-14-29-24(35)19-15-20(25(2,3)4)32-33(19)5/h6-10,15-16H,11-14H2,1-5H3,(H,26,34)(H,29,35)(H2,27,28,30,31). The second-order valence-corrected chi connectivity index (χ2v) is 9.21. The number of nitrogens with one attached hydrogen (secondary N) is 4. The first-order valence-corrected chi connectivity index (χ1v) is 11.6. The van der Waals surface area contributed by atoms with E-state index in [1.807, 2.05) is 36.4 Å². The Hall–Kier alpha value is -3.95. The lowest BCUT2D eigenvalue weighted by atomic mass is 9.92. The quantitative estimate of drug-likeness (QED) is 0.330. The molecule has 0 saturated carbocycles. The third-order valence-electron chi connectivity index (χ3n) is 5.16. The van der Waals surface area contributed by atoms with Crippen LogP contribution in [0.4, 0.5) is 11.6 Å². The van der Waals surface area contributed by atoms with E-state index >= 15 is 0 Å². The summed E-state index contributed by atoms with van der Waals surface area (Å²) in [5, 5.41) is 16.6. The van der Waals surface area contributed by atoms with Crippen molar-refractivity contribution in [3.8, 4) is 11.4 Å². The number of nitrogens with zero attached hydrogens (tertiary/aromatic N) is 4. The first kappa shape index (κ1) is 25.7. The fourth-order valence-electron chi connectivity index (χ4n) is 3.28. The van der Waals surface area contributed by atoms with Gasteiger partial charge in [-0.1, -0.05) is 51.1 Å². The average Bonchev–Trinajstić information content (AvgIpc) is 3.22. The minimum absolute atomic E-state index is 0.0791. The third kappa shape index (κ3) is 7.53. The maximum absolute atomic E-state index is 12.6. The molecule has 35 heavy (non-hydrogen) atoms. The summed E-state index contributed by atoms with van der Waals surface area (Å²) in [6.07, 6.45) is 0. The Bertz CT molecular complexity index is 1150. The molecular weight excluding hydrogens is 444 g/mol. The molecule has 0 aliphatic rings. The lowest BCUT2D eigenvalue weighted by Crippen LogP contribution is -2.30. The van der Waals surface area contributed by atoms with E-state index in [2.05, 4.69) is 57.1 Å². The van der Waals surface area contributed by atoms with E-state index in [9.17, 15) is 9.59 Å². The lowest BCUT2D eigenvalue weighted by Gasteiger charge is -2.13. The number of benzene rings is 1. The van der Waals surface area contributed by atoms with Gasteiger partial charge in [-0.2, -0.15) is 5.10 Å². The maximum atomic E-state index is 12.6. The zero-order chi connectivity index (χ0) is 25.4. The summed E-state index contributed by atoms with van der Waals surface area (Å²) in [4.78, 5) is 32.9. The second kappa shape index (κ2) is 11.5. The molecule has 186 valence electrons. The molecule has 3 aromatic rings. The van der Waals surface area contributed by atoms with Gasteiger partial charge in [0.2, 0.25) is 5.91 Å². The highest BCUT2D eigenvalue weighted by Crippen LogP contribution is 2.22.